The van der Waals surface area contributed by atoms with Crippen molar-refractivity contribution in [1.82, 2.24) is 5.32 Å². The summed E-state index contributed by atoms with van der Waals surface area (Å²) >= 11 is 0. The van der Waals surface area contributed by atoms with Crippen molar-refractivity contribution in [3.05, 3.63) is 59.7 Å². The molecule has 1 aliphatic carbocycles. The van der Waals surface area contributed by atoms with Crippen molar-refractivity contribution in [2.75, 3.05) is 17.7 Å². The van der Waals surface area contributed by atoms with Gasteiger partial charge < -0.3 is 10.1 Å². The highest BCUT2D eigenvalue weighted by Crippen LogP contribution is 2.30. The average Bonchev–Trinajstić information content (AvgIpc) is 2.71. The normalized spacial score (nSPS) is 17.1. The van der Waals surface area contributed by atoms with Crippen molar-refractivity contribution in [2.24, 2.45) is 0 Å². The largest absolute Gasteiger partial charge is 0.497 e. The van der Waals surface area contributed by atoms with E-state index in [2.05, 4.69) is 11.4 Å². The van der Waals surface area contributed by atoms with E-state index < -0.39 is 16.1 Å². The molecule has 7 heteroatoms. The molecule has 0 bridgehead atoms. The molecule has 3 rings (SSSR count). The molecule has 1 N–H and O–H groups in total. The van der Waals surface area contributed by atoms with E-state index >= 15 is 0 Å². The lowest BCUT2D eigenvalue weighted by atomic mass is 9.87. The maximum Gasteiger partial charge on any atom is 0.244 e. The lowest BCUT2D eigenvalue weighted by Gasteiger charge is -2.33. The van der Waals surface area contributed by atoms with Crippen LogP contribution >= 0.6 is 0 Å². The van der Waals surface area contributed by atoms with E-state index in [0.717, 1.165) is 31.1 Å². The molecule has 1 aliphatic rings. The van der Waals surface area contributed by atoms with Crippen molar-refractivity contribution < 1.29 is 17.9 Å². The molecule has 0 aromatic heterocycles. The third-order valence-corrected chi connectivity index (χ3v) is 6.52. The van der Waals surface area contributed by atoms with Gasteiger partial charge >= 0.3 is 0 Å². The van der Waals surface area contributed by atoms with Crippen molar-refractivity contribution in [3.8, 4) is 5.75 Å². The smallest absolute Gasteiger partial charge is 0.244 e. The molecule has 29 heavy (non-hydrogen) atoms. The van der Waals surface area contributed by atoms with Crippen LogP contribution in [0.25, 0.3) is 0 Å². The van der Waals surface area contributed by atoms with E-state index in [4.69, 9.17) is 4.74 Å². The molecule has 0 aliphatic heterocycles. The Morgan fingerprint density at radius 3 is 2.52 bits per heavy atom. The standard InChI is InChI=1S/C22H28N2O4S/c1-4-21(24(29(3,26)27)17-12-14-18(28-2)15-13-17)22(25)23-20-11-7-9-16-8-5-6-10-19(16)20/h5-6,8,10,12-15,20-21H,4,7,9,11H2,1-3H3,(H,23,25). The summed E-state index contributed by atoms with van der Waals surface area (Å²) in [5.74, 6) is 0.342. The van der Waals surface area contributed by atoms with Gasteiger partial charge in [-0.2, -0.15) is 0 Å². The third-order valence-electron chi connectivity index (χ3n) is 5.34. The first-order valence-electron chi connectivity index (χ1n) is 9.86. The number of rotatable bonds is 7. The second-order valence-corrected chi connectivity index (χ2v) is 9.19. The average molecular weight is 417 g/mol. The first kappa shape index (κ1) is 21.2. The Bertz CT molecular complexity index is 957. The zero-order chi connectivity index (χ0) is 21.0. The lowest BCUT2D eigenvalue weighted by Crippen LogP contribution is -2.50. The van der Waals surface area contributed by atoms with E-state index in [9.17, 15) is 13.2 Å². The van der Waals surface area contributed by atoms with Crippen LogP contribution in [0.15, 0.2) is 48.5 Å². The first-order valence-corrected chi connectivity index (χ1v) is 11.7. The number of fused-ring (bicyclic) bond motifs is 1. The highest BCUT2D eigenvalue weighted by Gasteiger charge is 2.33. The van der Waals surface area contributed by atoms with Gasteiger partial charge in [0.25, 0.3) is 0 Å². The number of ether oxygens (including phenoxy) is 1. The highest BCUT2D eigenvalue weighted by molar-refractivity contribution is 7.92. The van der Waals surface area contributed by atoms with Gasteiger partial charge in [0.1, 0.15) is 11.8 Å². The molecule has 0 spiro atoms. The van der Waals surface area contributed by atoms with Crippen molar-refractivity contribution in [2.45, 2.75) is 44.7 Å². The molecule has 0 fully saturated rings. The van der Waals surface area contributed by atoms with Crippen LogP contribution in [0.4, 0.5) is 5.69 Å². The minimum Gasteiger partial charge on any atom is -0.497 e. The van der Waals surface area contributed by atoms with Crippen LogP contribution in [0.5, 0.6) is 5.75 Å². The number of hydrogen-bond acceptors (Lipinski definition) is 4. The number of sulfonamides is 1. The van der Waals surface area contributed by atoms with E-state index in [1.54, 1.807) is 31.4 Å². The minimum atomic E-state index is -3.66. The van der Waals surface area contributed by atoms with Crippen LogP contribution in [0.3, 0.4) is 0 Å². The van der Waals surface area contributed by atoms with Crippen molar-refractivity contribution in [1.29, 1.82) is 0 Å². The Morgan fingerprint density at radius 1 is 1.21 bits per heavy atom. The van der Waals surface area contributed by atoms with Gasteiger partial charge in [-0.05, 0) is 61.1 Å². The van der Waals surface area contributed by atoms with Crippen LogP contribution < -0.4 is 14.4 Å². The Labute approximate surface area is 172 Å². The predicted molar refractivity (Wildman–Crippen MR) is 115 cm³/mol. The van der Waals surface area contributed by atoms with Crippen LogP contribution in [0, 0.1) is 0 Å². The topological polar surface area (TPSA) is 75.7 Å². The lowest BCUT2D eigenvalue weighted by molar-refractivity contribution is -0.123. The fourth-order valence-electron chi connectivity index (χ4n) is 3.96. The van der Waals surface area contributed by atoms with Crippen LogP contribution in [-0.4, -0.2) is 33.7 Å². The summed E-state index contributed by atoms with van der Waals surface area (Å²) in [6.45, 7) is 1.82. The van der Waals surface area contributed by atoms with Gasteiger partial charge in [0.15, 0.2) is 0 Å². The number of aryl methyl sites for hydroxylation is 1. The summed E-state index contributed by atoms with van der Waals surface area (Å²) in [5, 5.41) is 3.10. The molecule has 156 valence electrons. The summed E-state index contributed by atoms with van der Waals surface area (Å²) in [7, 11) is -2.11. The van der Waals surface area contributed by atoms with E-state index in [1.165, 1.54) is 9.87 Å². The molecular weight excluding hydrogens is 388 g/mol. The summed E-state index contributed by atoms with van der Waals surface area (Å²) in [6, 6.07) is 13.9. The van der Waals surface area contributed by atoms with Gasteiger partial charge in [0, 0.05) is 0 Å². The highest BCUT2D eigenvalue weighted by atomic mass is 32.2. The molecule has 6 nitrogen and oxygen atoms in total. The SMILES string of the molecule is CCC(C(=O)NC1CCCc2ccccc21)N(c1ccc(OC)cc1)S(C)(=O)=O. The number of hydrogen-bond donors (Lipinski definition) is 1. The Morgan fingerprint density at radius 2 is 1.90 bits per heavy atom. The maximum absolute atomic E-state index is 13.2. The molecule has 1 amide bonds. The Hall–Kier alpha value is -2.54. The molecule has 2 aromatic rings. The van der Waals surface area contributed by atoms with Crippen molar-refractivity contribution in [3.63, 3.8) is 0 Å². The fraction of sp³-hybridized carbons (Fsp3) is 0.409. The number of anilines is 1. The summed E-state index contributed by atoms with van der Waals surface area (Å²) in [5.41, 5.74) is 2.81. The molecule has 2 unspecified atom stereocenters. The number of benzene rings is 2. The number of methoxy groups -OCH3 is 1. The van der Waals surface area contributed by atoms with Gasteiger partial charge in [-0.15, -0.1) is 0 Å². The summed E-state index contributed by atoms with van der Waals surface area (Å²) in [6.07, 6.45) is 4.33. The quantitative estimate of drug-likeness (QED) is 0.750. The first-order chi connectivity index (χ1) is 13.8. The molecule has 0 radical (unpaired) electrons. The number of carbonyl (C=O) groups is 1. The zero-order valence-corrected chi connectivity index (χ0v) is 17.9. The molecule has 0 heterocycles. The molecule has 0 saturated heterocycles. The Balaban J connectivity index is 1.88. The number of nitrogens with zero attached hydrogens (tertiary/aromatic N) is 1. The van der Waals surface area contributed by atoms with E-state index in [1.807, 2.05) is 25.1 Å². The monoisotopic (exact) mass is 416 g/mol. The number of carbonyl (C=O) groups excluding carboxylic acids is 1. The maximum atomic E-state index is 13.2. The minimum absolute atomic E-state index is 0.0984. The molecule has 0 saturated carbocycles. The summed E-state index contributed by atoms with van der Waals surface area (Å²) in [4.78, 5) is 13.2. The van der Waals surface area contributed by atoms with Gasteiger partial charge in [0.05, 0.1) is 25.1 Å². The van der Waals surface area contributed by atoms with Gasteiger partial charge in [-0.3, -0.25) is 9.10 Å². The third kappa shape index (κ3) is 4.72. The Kier molecular flexibility index (Phi) is 6.47. The van der Waals surface area contributed by atoms with Crippen LogP contribution in [0.1, 0.15) is 43.4 Å². The summed E-state index contributed by atoms with van der Waals surface area (Å²) < 4.78 is 31.6. The van der Waals surface area contributed by atoms with Gasteiger partial charge in [-0.25, -0.2) is 8.42 Å². The zero-order valence-electron chi connectivity index (χ0n) is 17.1. The number of nitrogens with one attached hydrogen (secondary N) is 1. The second kappa shape index (κ2) is 8.86. The predicted octanol–water partition coefficient (Wildman–Crippen LogP) is 3.43. The molecule has 2 aromatic carbocycles. The van der Waals surface area contributed by atoms with Crippen molar-refractivity contribution >= 4 is 21.6 Å². The van der Waals surface area contributed by atoms with E-state index in [0.29, 0.717) is 17.9 Å². The van der Waals surface area contributed by atoms with E-state index in [-0.39, 0.29) is 11.9 Å². The molecular formula is C22H28N2O4S. The van der Waals surface area contributed by atoms with Crippen LogP contribution in [-0.2, 0) is 21.2 Å². The van der Waals surface area contributed by atoms with Gasteiger partial charge in [-0.1, -0.05) is 31.2 Å². The second-order valence-electron chi connectivity index (χ2n) is 7.33. The van der Waals surface area contributed by atoms with Gasteiger partial charge in [0.2, 0.25) is 15.9 Å². The number of amides is 1. The fourth-order valence-corrected chi connectivity index (χ4v) is 5.17. The van der Waals surface area contributed by atoms with Crippen LogP contribution in [0.2, 0.25) is 0 Å². The molecule has 2 atom stereocenters.